The average Bonchev–Trinajstić information content (AvgIpc) is 2.60. The Morgan fingerprint density at radius 3 is 2.15 bits per heavy atom. The zero-order valence-corrected chi connectivity index (χ0v) is 17.6. The van der Waals surface area contributed by atoms with Crippen LogP contribution in [0.2, 0.25) is 0 Å². The number of carbonyl (C=O) groups is 2. The maximum absolute atomic E-state index is 12.0. The topological polar surface area (TPSA) is 52.6 Å². The molecule has 0 aromatic rings. The Labute approximate surface area is 160 Å². The van der Waals surface area contributed by atoms with Gasteiger partial charge in [0.05, 0.1) is 19.4 Å². The molecule has 0 aromatic heterocycles. The van der Waals surface area contributed by atoms with Crippen molar-refractivity contribution in [2.45, 2.75) is 105 Å². The van der Waals surface area contributed by atoms with Crippen molar-refractivity contribution in [2.24, 2.45) is 17.3 Å². The molecular formula is C22H40O4. The van der Waals surface area contributed by atoms with E-state index in [1.54, 1.807) is 0 Å². The van der Waals surface area contributed by atoms with E-state index < -0.39 is 0 Å². The first-order valence-corrected chi connectivity index (χ1v) is 10.6. The van der Waals surface area contributed by atoms with E-state index in [1.165, 1.54) is 6.42 Å². The van der Waals surface area contributed by atoms with Crippen LogP contribution in [0.4, 0.5) is 0 Å². The molecule has 0 saturated heterocycles. The van der Waals surface area contributed by atoms with Crippen molar-refractivity contribution < 1.29 is 19.1 Å². The molecule has 1 fully saturated rings. The molecule has 4 heteroatoms. The van der Waals surface area contributed by atoms with Crippen LogP contribution in [0.1, 0.15) is 98.8 Å². The number of rotatable bonds is 10. The van der Waals surface area contributed by atoms with Gasteiger partial charge in [0.2, 0.25) is 0 Å². The molecule has 152 valence electrons. The van der Waals surface area contributed by atoms with Crippen molar-refractivity contribution >= 4 is 11.9 Å². The Kier molecular flexibility index (Phi) is 10.3. The van der Waals surface area contributed by atoms with Crippen molar-refractivity contribution in [3.05, 3.63) is 0 Å². The monoisotopic (exact) mass is 368 g/mol. The van der Waals surface area contributed by atoms with Crippen LogP contribution in [0.25, 0.3) is 0 Å². The molecule has 1 aliphatic carbocycles. The lowest BCUT2D eigenvalue weighted by Gasteiger charge is -2.36. The fourth-order valence-electron chi connectivity index (χ4n) is 3.68. The lowest BCUT2D eigenvalue weighted by molar-refractivity contribution is -0.155. The number of carbonyl (C=O) groups excluding carboxylic acids is 2. The molecule has 1 aliphatic rings. The van der Waals surface area contributed by atoms with Gasteiger partial charge in [-0.05, 0) is 49.4 Å². The Hall–Kier alpha value is -1.06. The predicted molar refractivity (Wildman–Crippen MR) is 105 cm³/mol. The van der Waals surface area contributed by atoms with Gasteiger partial charge in [-0.15, -0.1) is 0 Å². The normalized spacial score (nSPS) is 21.9. The number of hydrogen-bond acceptors (Lipinski definition) is 4. The molecule has 26 heavy (non-hydrogen) atoms. The highest BCUT2D eigenvalue weighted by Gasteiger charge is 2.31. The summed E-state index contributed by atoms with van der Waals surface area (Å²) in [6.45, 7) is 11.6. The quantitative estimate of drug-likeness (QED) is 0.466. The van der Waals surface area contributed by atoms with Crippen LogP contribution in [0.3, 0.4) is 0 Å². The molecule has 0 aliphatic heterocycles. The smallest absolute Gasteiger partial charge is 0.306 e. The number of hydrogen-bond donors (Lipinski definition) is 0. The first-order chi connectivity index (χ1) is 12.3. The molecule has 1 rings (SSSR count). The van der Waals surface area contributed by atoms with E-state index in [9.17, 15) is 9.59 Å². The largest absolute Gasteiger partial charge is 0.465 e. The third kappa shape index (κ3) is 9.05. The van der Waals surface area contributed by atoms with Crippen LogP contribution in [0.15, 0.2) is 0 Å². The van der Waals surface area contributed by atoms with Crippen molar-refractivity contribution in [2.75, 3.05) is 6.61 Å². The molecule has 1 unspecified atom stereocenters. The summed E-state index contributed by atoms with van der Waals surface area (Å²) < 4.78 is 10.9. The lowest BCUT2D eigenvalue weighted by Crippen LogP contribution is -2.30. The molecule has 0 heterocycles. The van der Waals surface area contributed by atoms with Gasteiger partial charge in [0, 0.05) is 0 Å². The maximum atomic E-state index is 12.0. The highest BCUT2D eigenvalue weighted by atomic mass is 16.5. The van der Waals surface area contributed by atoms with Gasteiger partial charge in [-0.3, -0.25) is 9.59 Å². The number of esters is 2. The summed E-state index contributed by atoms with van der Waals surface area (Å²) in [5.74, 6) is 0.586. The molecule has 0 aromatic carbocycles. The van der Waals surface area contributed by atoms with E-state index in [4.69, 9.17) is 9.47 Å². The van der Waals surface area contributed by atoms with Gasteiger partial charge in [-0.1, -0.05) is 53.9 Å². The van der Waals surface area contributed by atoms with Crippen LogP contribution in [0.5, 0.6) is 0 Å². The molecule has 0 spiro atoms. The van der Waals surface area contributed by atoms with E-state index >= 15 is 0 Å². The van der Waals surface area contributed by atoms with Crippen LogP contribution in [0, 0.1) is 17.3 Å². The van der Waals surface area contributed by atoms with Gasteiger partial charge in [0.25, 0.3) is 0 Å². The summed E-state index contributed by atoms with van der Waals surface area (Å²) >= 11 is 0. The maximum Gasteiger partial charge on any atom is 0.306 e. The second-order valence-electron chi connectivity index (χ2n) is 8.93. The highest BCUT2D eigenvalue weighted by molar-refractivity contribution is 5.77. The molecule has 4 nitrogen and oxygen atoms in total. The Bertz CT molecular complexity index is 416. The molecule has 0 amide bonds. The van der Waals surface area contributed by atoms with Crippen LogP contribution < -0.4 is 0 Å². The molecule has 0 radical (unpaired) electrons. The molecular weight excluding hydrogens is 328 g/mol. The summed E-state index contributed by atoms with van der Waals surface area (Å²) in [5.41, 5.74) is 0.326. The predicted octanol–water partition coefficient (Wildman–Crippen LogP) is 5.67. The van der Waals surface area contributed by atoms with Gasteiger partial charge >= 0.3 is 11.9 Å². The summed E-state index contributed by atoms with van der Waals surface area (Å²) in [4.78, 5) is 23.9. The fourth-order valence-corrected chi connectivity index (χ4v) is 3.68. The minimum absolute atomic E-state index is 0.0237. The average molecular weight is 369 g/mol. The minimum atomic E-state index is -0.284. The van der Waals surface area contributed by atoms with Crippen molar-refractivity contribution in [3.63, 3.8) is 0 Å². The Morgan fingerprint density at radius 2 is 1.62 bits per heavy atom. The third-order valence-corrected chi connectivity index (χ3v) is 5.75. The number of unbranched alkanes of at least 4 members (excludes halogenated alkanes) is 1. The van der Waals surface area contributed by atoms with Crippen LogP contribution in [-0.2, 0) is 19.1 Å². The third-order valence-electron chi connectivity index (χ3n) is 5.75. The van der Waals surface area contributed by atoms with Crippen LogP contribution in [-0.4, -0.2) is 24.6 Å². The SMILES string of the molecule is CCCCC(CC)COC(=O)CCC(=O)OC1CCC(C(C)(C)C)CC1. The van der Waals surface area contributed by atoms with Gasteiger partial charge < -0.3 is 9.47 Å². The standard InChI is InChI=1S/C22H40O4/c1-6-8-9-17(7-2)16-25-20(23)14-15-21(24)26-19-12-10-18(11-13-19)22(3,4)5/h17-19H,6-16H2,1-5H3. The van der Waals surface area contributed by atoms with E-state index in [2.05, 4.69) is 34.6 Å². The van der Waals surface area contributed by atoms with Gasteiger partial charge in [0.15, 0.2) is 0 Å². The minimum Gasteiger partial charge on any atom is -0.465 e. The number of ether oxygens (including phenoxy) is 2. The van der Waals surface area contributed by atoms with E-state index in [0.29, 0.717) is 23.9 Å². The fraction of sp³-hybridized carbons (Fsp3) is 0.909. The van der Waals surface area contributed by atoms with Gasteiger partial charge in [0.1, 0.15) is 6.10 Å². The van der Waals surface area contributed by atoms with E-state index in [-0.39, 0.29) is 30.9 Å². The molecule has 0 N–H and O–H groups in total. The van der Waals surface area contributed by atoms with E-state index in [0.717, 1.165) is 44.9 Å². The molecule has 1 atom stereocenters. The van der Waals surface area contributed by atoms with Crippen LogP contribution >= 0.6 is 0 Å². The first-order valence-electron chi connectivity index (χ1n) is 10.6. The summed E-state index contributed by atoms with van der Waals surface area (Å²) in [7, 11) is 0. The lowest BCUT2D eigenvalue weighted by atomic mass is 9.72. The molecule has 1 saturated carbocycles. The van der Waals surface area contributed by atoms with Gasteiger partial charge in [-0.2, -0.15) is 0 Å². The molecule has 0 bridgehead atoms. The first kappa shape index (κ1) is 23.0. The van der Waals surface area contributed by atoms with Gasteiger partial charge in [-0.25, -0.2) is 0 Å². The summed E-state index contributed by atoms with van der Waals surface area (Å²) in [6, 6.07) is 0. The highest BCUT2D eigenvalue weighted by Crippen LogP contribution is 2.38. The van der Waals surface area contributed by atoms with Crippen molar-refractivity contribution in [1.29, 1.82) is 0 Å². The summed E-state index contributed by atoms with van der Waals surface area (Å²) in [6.07, 6.45) is 8.82. The second kappa shape index (κ2) is 11.6. The van der Waals surface area contributed by atoms with Crippen molar-refractivity contribution in [1.82, 2.24) is 0 Å². The van der Waals surface area contributed by atoms with Crippen molar-refractivity contribution in [3.8, 4) is 0 Å². The Morgan fingerprint density at radius 1 is 1.00 bits per heavy atom. The zero-order valence-electron chi connectivity index (χ0n) is 17.6. The van der Waals surface area contributed by atoms with E-state index in [1.807, 2.05) is 0 Å². The zero-order chi connectivity index (χ0) is 19.6. The Balaban J connectivity index is 2.19. The second-order valence-corrected chi connectivity index (χ2v) is 8.93. The summed E-state index contributed by atoms with van der Waals surface area (Å²) in [5, 5.41) is 0.